The molecule has 0 bridgehead atoms. The molecular weight excluding hydrogens is 296 g/mol. The molecule has 0 aliphatic heterocycles. The molecule has 0 radical (unpaired) electrons. The van der Waals surface area contributed by atoms with Crippen molar-refractivity contribution in [3.63, 3.8) is 0 Å². The van der Waals surface area contributed by atoms with E-state index >= 15 is 0 Å². The molecule has 106 valence electrons. The van der Waals surface area contributed by atoms with Gasteiger partial charge >= 0.3 is 5.97 Å². The van der Waals surface area contributed by atoms with E-state index in [2.05, 4.69) is 4.98 Å². The topological polar surface area (TPSA) is 53.4 Å². The van der Waals surface area contributed by atoms with Crippen LogP contribution in [-0.4, -0.2) is 23.1 Å². The Labute approximate surface area is 126 Å². The smallest absolute Gasteiger partial charge is 0.303 e. The van der Waals surface area contributed by atoms with Gasteiger partial charge in [0.1, 0.15) is 0 Å². The zero-order valence-electron chi connectivity index (χ0n) is 11.0. The zero-order valence-corrected chi connectivity index (χ0v) is 12.6. The summed E-state index contributed by atoms with van der Waals surface area (Å²) < 4.78 is 0. The number of carboxylic acid groups (broad SMARTS) is 1. The highest BCUT2D eigenvalue weighted by atomic mass is 35.5. The summed E-state index contributed by atoms with van der Waals surface area (Å²) >= 11 is 7.48. The van der Waals surface area contributed by atoms with Gasteiger partial charge in [-0.25, -0.2) is 4.98 Å². The second-order valence-corrected chi connectivity index (χ2v) is 5.77. The normalized spacial score (nSPS) is 10.5. The van der Waals surface area contributed by atoms with Gasteiger partial charge in [0.05, 0.1) is 12.1 Å². The van der Waals surface area contributed by atoms with Crippen molar-refractivity contribution in [2.24, 2.45) is 0 Å². The van der Waals surface area contributed by atoms with Crippen molar-refractivity contribution in [2.75, 3.05) is 11.9 Å². The Morgan fingerprint density at radius 2 is 2.30 bits per heavy atom. The fourth-order valence-electron chi connectivity index (χ4n) is 1.80. The number of anilines is 1. The van der Waals surface area contributed by atoms with Gasteiger partial charge < -0.3 is 10.0 Å². The number of rotatable bonds is 6. The number of aliphatic carboxylic acids is 1. The summed E-state index contributed by atoms with van der Waals surface area (Å²) in [6.45, 7) is 0.715. The molecule has 0 saturated carbocycles. The van der Waals surface area contributed by atoms with E-state index in [0.717, 1.165) is 21.4 Å². The van der Waals surface area contributed by atoms with E-state index in [1.807, 2.05) is 41.6 Å². The molecule has 0 aliphatic carbocycles. The number of nitrogens with zero attached hydrogens (tertiary/aromatic N) is 2. The minimum Gasteiger partial charge on any atom is -0.481 e. The summed E-state index contributed by atoms with van der Waals surface area (Å²) in [5.41, 5.74) is 1.94. The first-order chi connectivity index (χ1) is 9.54. The van der Waals surface area contributed by atoms with Gasteiger partial charge in [0.2, 0.25) is 0 Å². The molecule has 0 amide bonds. The van der Waals surface area contributed by atoms with E-state index in [-0.39, 0.29) is 6.42 Å². The number of carboxylic acids is 1. The van der Waals surface area contributed by atoms with Gasteiger partial charge in [-0.2, -0.15) is 0 Å². The summed E-state index contributed by atoms with van der Waals surface area (Å²) in [7, 11) is 1.96. The van der Waals surface area contributed by atoms with E-state index in [1.165, 1.54) is 11.3 Å². The van der Waals surface area contributed by atoms with E-state index in [9.17, 15) is 4.79 Å². The van der Waals surface area contributed by atoms with Gasteiger partial charge in [-0.3, -0.25) is 4.79 Å². The number of aromatic nitrogens is 1. The van der Waals surface area contributed by atoms with Gasteiger partial charge in [0.15, 0.2) is 5.13 Å². The Balaban J connectivity index is 1.98. The molecule has 2 rings (SSSR count). The number of hydrogen-bond donors (Lipinski definition) is 1. The minimum absolute atomic E-state index is 0.112. The van der Waals surface area contributed by atoms with Crippen molar-refractivity contribution in [3.05, 3.63) is 45.9 Å². The standard InChI is InChI=1S/C14H15ClN2O2S/c1-17(8-10-3-2-4-11(15)7-10)14-16-12(9-20-14)5-6-13(18)19/h2-4,7,9H,5-6,8H2,1H3,(H,18,19). The van der Waals surface area contributed by atoms with Crippen LogP contribution in [0.15, 0.2) is 29.6 Å². The van der Waals surface area contributed by atoms with E-state index in [4.69, 9.17) is 16.7 Å². The third-order valence-corrected chi connectivity index (χ3v) is 4.01. The third kappa shape index (κ3) is 4.21. The van der Waals surface area contributed by atoms with Gasteiger partial charge in [0, 0.05) is 30.4 Å². The molecule has 0 atom stereocenters. The highest BCUT2D eigenvalue weighted by Crippen LogP contribution is 2.22. The second-order valence-electron chi connectivity index (χ2n) is 4.50. The highest BCUT2D eigenvalue weighted by Gasteiger charge is 2.09. The van der Waals surface area contributed by atoms with Gasteiger partial charge in [-0.15, -0.1) is 11.3 Å². The Bertz CT molecular complexity index is 600. The average molecular weight is 311 g/mol. The van der Waals surface area contributed by atoms with Crippen molar-refractivity contribution in [1.82, 2.24) is 4.98 Å². The van der Waals surface area contributed by atoms with Crippen LogP contribution in [0, 0.1) is 0 Å². The number of hydrogen-bond acceptors (Lipinski definition) is 4. The highest BCUT2D eigenvalue weighted by molar-refractivity contribution is 7.13. The van der Waals surface area contributed by atoms with Crippen LogP contribution in [0.3, 0.4) is 0 Å². The molecule has 1 aromatic carbocycles. The van der Waals surface area contributed by atoms with E-state index < -0.39 is 5.97 Å². The Morgan fingerprint density at radius 3 is 3.00 bits per heavy atom. The fourth-order valence-corrected chi connectivity index (χ4v) is 2.84. The van der Waals surface area contributed by atoms with E-state index in [1.54, 1.807) is 0 Å². The average Bonchev–Trinajstić information content (AvgIpc) is 2.85. The van der Waals surface area contributed by atoms with Gasteiger partial charge in [0.25, 0.3) is 0 Å². The van der Waals surface area contributed by atoms with Crippen LogP contribution in [-0.2, 0) is 17.8 Å². The predicted molar refractivity (Wildman–Crippen MR) is 81.6 cm³/mol. The monoisotopic (exact) mass is 310 g/mol. The number of benzene rings is 1. The summed E-state index contributed by atoms with van der Waals surface area (Å²) in [6.07, 6.45) is 0.581. The quantitative estimate of drug-likeness (QED) is 0.888. The maximum absolute atomic E-state index is 10.5. The lowest BCUT2D eigenvalue weighted by atomic mass is 10.2. The van der Waals surface area contributed by atoms with Gasteiger partial charge in [-0.05, 0) is 17.7 Å². The molecule has 0 aliphatic rings. The molecule has 2 aromatic rings. The van der Waals surface area contributed by atoms with Crippen LogP contribution < -0.4 is 4.90 Å². The molecule has 1 heterocycles. The lowest BCUT2D eigenvalue weighted by Gasteiger charge is -2.15. The van der Waals surface area contributed by atoms with Crippen molar-refractivity contribution in [2.45, 2.75) is 19.4 Å². The van der Waals surface area contributed by atoms with Crippen LogP contribution in [0.25, 0.3) is 0 Å². The zero-order chi connectivity index (χ0) is 14.5. The summed E-state index contributed by atoms with van der Waals surface area (Å²) in [5.74, 6) is -0.799. The predicted octanol–water partition coefficient (Wildman–Crippen LogP) is 3.45. The fraction of sp³-hybridized carbons (Fsp3) is 0.286. The van der Waals surface area contributed by atoms with Crippen molar-refractivity contribution in [3.8, 4) is 0 Å². The van der Waals surface area contributed by atoms with Crippen molar-refractivity contribution < 1.29 is 9.90 Å². The molecule has 1 N–H and O–H groups in total. The first kappa shape index (κ1) is 14.8. The van der Waals surface area contributed by atoms with Crippen LogP contribution in [0.4, 0.5) is 5.13 Å². The number of thiazole rings is 1. The van der Waals surface area contributed by atoms with Crippen LogP contribution >= 0.6 is 22.9 Å². The maximum Gasteiger partial charge on any atom is 0.303 e. The number of halogens is 1. The molecule has 1 aromatic heterocycles. The number of carbonyl (C=O) groups is 1. The lowest BCUT2D eigenvalue weighted by Crippen LogP contribution is -2.16. The summed E-state index contributed by atoms with van der Waals surface area (Å²) in [4.78, 5) is 17.0. The Hall–Kier alpha value is -1.59. The lowest BCUT2D eigenvalue weighted by molar-refractivity contribution is -0.136. The molecule has 0 spiro atoms. The van der Waals surface area contributed by atoms with Crippen molar-refractivity contribution in [1.29, 1.82) is 0 Å². The van der Waals surface area contributed by atoms with Crippen LogP contribution in [0.5, 0.6) is 0 Å². The summed E-state index contributed by atoms with van der Waals surface area (Å²) in [6, 6.07) is 7.71. The maximum atomic E-state index is 10.5. The Morgan fingerprint density at radius 1 is 1.50 bits per heavy atom. The molecule has 0 fully saturated rings. The second kappa shape index (κ2) is 6.72. The van der Waals surface area contributed by atoms with E-state index in [0.29, 0.717) is 13.0 Å². The first-order valence-corrected chi connectivity index (χ1v) is 7.42. The molecule has 20 heavy (non-hydrogen) atoms. The molecule has 0 unspecified atom stereocenters. The SMILES string of the molecule is CN(Cc1cccc(Cl)c1)c1nc(CCC(=O)O)cs1. The molecule has 4 nitrogen and oxygen atoms in total. The van der Waals surface area contributed by atoms with Crippen molar-refractivity contribution >= 4 is 34.0 Å². The number of aryl methyl sites for hydroxylation is 1. The van der Waals surface area contributed by atoms with Gasteiger partial charge in [-0.1, -0.05) is 23.7 Å². The Kier molecular flexibility index (Phi) is 4.98. The molecule has 0 saturated heterocycles. The minimum atomic E-state index is -0.799. The third-order valence-electron chi connectivity index (χ3n) is 2.77. The summed E-state index contributed by atoms with van der Waals surface area (Å²) in [5, 5.41) is 12.2. The van der Waals surface area contributed by atoms with Crippen LogP contribution in [0.2, 0.25) is 5.02 Å². The molecular formula is C14H15ClN2O2S. The van der Waals surface area contributed by atoms with Crippen LogP contribution in [0.1, 0.15) is 17.7 Å². The molecule has 6 heteroatoms. The largest absolute Gasteiger partial charge is 0.481 e. The first-order valence-electron chi connectivity index (χ1n) is 6.16.